The van der Waals surface area contributed by atoms with Crippen LogP contribution in [-0.2, 0) is 16.1 Å². The molecule has 0 atom stereocenters. The van der Waals surface area contributed by atoms with Crippen molar-refractivity contribution < 1.29 is 14.3 Å². The number of rotatable bonds is 8. The van der Waals surface area contributed by atoms with Gasteiger partial charge in [-0.25, -0.2) is 4.79 Å². The molecule has 3 N–H and O–H groups in total. The summed E-state index contributed by atoms with van der Waals surface area (Å²) < 4.78 is 7.31. The fourth-order valence-corrected chi connectivity index (χ4v) is 4.59. The van der Waals surface area contributed by atoms with Crippen molar-refractivity contribution in [2.45, 2.75) is 19.4 Å². The van der Waals surface area contributed by atoms with Crippen molar-refractivity contribution in [2.24, 2.45) is 5.92 Å². The van der Waals surface area contributed by atoms with Gasteiger partial charge in [-0.3, -0.25) is 4.79 Å². The van der Waals surface area contributed by atoms with Gasteiger partial charge in [0.05, 0.1) is 0 Å². The normalized spacial score (nSPS) is 14.0. The van der Waals surface area contributed by atoms with E-state index >= 15 is 0 Å². The van der Waals surface area contributed by atoms with Crippen molar-refractivity contribution in [1.82, 2.24) is 9.88 Å². The molecule has 1 aliphatic rings. The van der Waals surface area contributed by atoms with Crippen molar-refractivity contribution in [2.75, 3.05) is 30.4 Å². The predicted octanol–water partition coefficient (Wildman–Crippen LogP) is 6.00. The number of nitrogens with zero attached hydrogens (tertiary/aromatic N) is 1. The molecule has 1 fully saturated rings. The Hall–Kier alpha value is -4.36. The second-order valence-corrected chi connectivity index (χ2v) is 9.52. The number of hydrogen-bond acceptors (Lipinski definition) is 3. The maximum atomic E-state index is 12.7. The van der Waals surface area contributed by atoms with Crippen molar-refractivity contribution in [3.05, 3.63) is 96.2 Å². The Morgan fingerprint density at radius 3 is 2.47 bits per heavy atom. The predicted molar refractivity (Wildman–Crippen MR) is 153 cm³/mol. The van der Waals surface area contributed by atoms with Gasteiger partial charge in [0.1, 0.15) is 6.54 Å². The first-order valence-electron chi connectivity index (χ1n) is 13.0. The van der Waals surface area contributed by atoms with Crippen LogP contribution < -0.4 is 16.0 Å². The van der Waals surface area contributed by atoms with Gasteiger partial charge in [-0.1, -0.05) is 54.6 Å². The van der Waals surface area contributed by atoms with E-state index in [0.717, 1.165) is 59.5 Å². The standard InChI is InChI=1S/C31H32N4O3/c36-30(22-35-17-14-26-5-1-2-7-29(26)35)33-28-6-3-4-24(20-28)9-8-23-10-12-27(13-11-23)34-31(37)32-21-25-15-18-38-19-16-25/h1-14,17,20,25H,15-16,18-19,21-22H2,(H,33,36)(H2,32,34,37)/b9-8+. The highest BCUT2D eigenvalue weighted by molar-refractivity contribution is 5.92. The molecule has 3 amide bonds. The molecule has 5 rings (SSSR count). The van der Waals surface area contributed by atoms with E-state index in [-0.39, 0.29) is 18.5 Å². The van der Waals surface area contributed by atoms with Gasteiger partial charge in [-0.15, -0.1) is 0 Å². The quantitative estimate of drug-likeness (QED) is 0.255. The Bertz CT molecular complexity index is 1420. The summed E-state index contributed by atoms with van der Waals surface area (Å²) in [6, 6.07) is 25.3. The van der Waals surface area contributed by atoms with Crippen molar-refractivity contribution >= 4 is 46.4 Å². The van der Waals surface area contributed by atoms with E-state index in [4.69, 9.17) is 4.74 Å². The third-order valence-electron chi connectivity index (χ3n) is 6.69. The number of anilines is 2. The molecule has 0 radical (unpaired) electrons. The average molecular weight is 509 g/mol. The van der Waals surface area contributed by atoms with Crippen molar-refractivity contribution in [1.29, 1.82) is 0 Å². The summed E-state index contributed by atoms with van der Waals surface area (Å²) in [5.74, 6) is 0.404. The van der Waals surface area contributed by atoms with Gasteiger partial charge in [0, 0.05) is 42.8 Å². The van der Waals surface area contributed by atoms with Gasteiger partial charge in [0.2, 0.25) is 5.91 Å². The van der Waals surface area contributed by atoms with Gasteiger partial charge in [0.25, 0.3) is 0 Å². The molecule has 2 heterocycles. The highest BCUT2D eigenvalue weighted by Crippen LogP contribution is 2.18. The van der Waals surface area contributed by atoms with E-state index in [1.54, 1.807) is 0 Å². The first kappa shape index (κ1) is 25.3. The van der Waals surface area contributed by atoms with Crippen LogP contribution in [0.5, 0.6) is 0 Å². The Balaban J connectivity index is 1.12. The third-order valence-corrected chi connectivity index (χ3v) is 6.69. The number of hydrogen-bond donors (Lipinski definition) is 3. The van der Waals surface area contributed by atoms with Crippen molar-refractivity contribution in [3.8, 4) is 0 Å². The lowest BCUT2D eigenvalue weighted by molar-refractivity contribution is -0.116. The minimum atomic E-state index is -0.191. The molecular formula is C31H32N4O3. The molecule has 0 spiro atoms. The molecule has 0 bridgehead atoms. The first-order chi connectivity index (χ1) is 18.6. The van der Waals surface area contributed by atoms with Crippen LogP contribution in [-0.4, -0.2) is 36.3 Å². The molecule has 7 nitrogen and oxygen atoms in total. The highest BCUT2D eigenvalue weighted by atomic mass is 16.5. The van der Waals surface area contributed by atoms with Crippen LogP contribution in [0.2, 0.25) is 0 Å². The summed E-state index contributed by atoms with van der Waals surface area (Å²) >= 11 is 0. The maximum absolute atomic E-state index is 12.7. The number of urea groups is 1. The van der Waals surface area contributed by atoms with Gasteiger partial charge >= 0.3 is 6.03 Å². The number of para-hydroxylation sites is 1. The monoisotopic (exact) mass is 508 g/mol. The minimum absolute atomic E-state index is 0.0765. The fourth-order valence-electron chi connectivity index (χ4n) is 4.59. The molecule has 1 aliphatic heterocycles. The van der Waals surface area contributed by atoms with Gasteiger partial charge in [0.15, 0.2) is 0 Å². The maximum Gasteiger partial charge on any atom is 0.319 e. The van der Waals surface area contributed by atoms with Crippen LogP contribution in [0.4, 0.5) is 16.2 Å². The summed E-state index contributed by atoms with van der Waals surface area (Å²) in [4.78, 5) is 24.9. The van der Waals surface area contributed by atoms with Crippen LogP contribution in [0.3, 0.4) is 0 Å². The van der Waals surface area contributed by atoms with Crippen LogP contribution >= 0.6 is 0 Å². The Labute approximate surface area is 222 Å². The molecule has 4 aromatic rings. The summed E-state index contributed by atoms with van der Waals surface area (Å²) in [7, 11) is 0. The molecule has 1 saturated heterocycles. The lowest BCUT2D eigenvalue weighted by atomic mass is 10.0. The van der Waals surface area contributed by atoms with Crippen LogP contribution in [0.1, 0.15) is 24.0 Å². The van der Waals surface area contributed by atoms with E-state index in [0.29, 0.717) is 12.5 Å². The summed E-state index contributed by atoms with van der Waals surface area (Å²) in [6.45, 7) is 2.46. The van der Waals surface area contributed by atoms with Crippen LogP contribution in [0.25, 0.3) is 23.1 Å². The highest BCUT2D eigenvalue weighted by Gasteiger charge is 2.14. The average Bonchev–Trinajstić information content (AvgIpc) is 3.35. The fraction of sp³-hybridized carbons (Fsp3) is 0.226. The SMILES string of the molecule is O=C(Cn1ccc2ccccc21)Nc1cccc(/C=C/c2ccc(NC(=O)NCC3CCOCC3)cc2)c1. The number of amides is 3. The summed E-state index contributed by atoms with van der Waals surface area (Å²) in [5.41, 5.74) is 4.51. The summed E-state index contributed by atoms with van der Waals surface area (Å²) in [5, 5.41) is 9.95. The largest absolute Gasteiger partial charge is 0.381 e. The molecule has 0 aliphatic carbocycles. The molecule has 7 heteroatoms. The third kappa shape index (κ3) is 6.89. The molecular weight excluding hydrogens is 476 g/mol. The van der Waals surface area contributed by atoms with E-state index < -0.39 is 0 Å². The van der Waals surface area contributed by atoms with Crippen LogP contribution in [0, 0.1) is 5.92 Å². The van der Waals surface area contributed by atoms with Crippen LogP contribution in [0.15, 0.2) is 85.1 Å². The molecule has 0 unspecified atom stereocenters. The molecule has 38 heavy (non-hydrogen) atoms. The number of benzene rings is 3. The van der Waals surface area contributed by atoms with E-state index in [1.165, 1.54) is 0 Å². The number of nitrogens with one attached hydrogen (secondary N) is 3. The second kappa shape index (κ2) is 12.3. The van der Waals surface area contributed by atoms with Gasteiger partial charge < -0.3 is 25.3 Å². The zero-order chi connectivity index (χ0) is 26.2. The van der Waals surface area contributed by atoms with Crippen molar-refractivity contribution in [3.63, 3.8) is 0 Å². The lowest BCUT2D eigenvalue weighted by Gasteiger charge is -2.22. The molecule has 194 valence electrons. The van der Waals surface area contributed by atoms with E-state index in [9.17, 15) is 9.59 Å². The van der Waals surface area contributed by atoms with E-state index in [2.05, 4.69) is 16.0 Å². The number of fused-ring (bicyclic) bond motifs is 1. The molecule has 3 aromatic carbocycles. The Morgan fingerprint density at radius 2 is 1.63 bits per heavy atom. The van der Waals surface area contributed by atoms with Gasteiger partial charge in [-0.2, -0.15) is 0 Å². The molecule has 1 aromatic heterocycles. The zero-order valence-corrected chi connectivity index (χ0v) is 21.2. The number of carbonyl (C=O) groups excluding carboxylic acids is 2. The zero-order valence-electron chi connectivity index (χ0n) is 21.2. The Morgan fingerprint density at radius 1 is 0.842 bits per heavy atom. The number of aromatic nitrogens is 1. The molecule has 0 saturated carbocycles. The summed E-state index contributed by atoms with van der Waals surface area (Å²) in [6.07, 6.45) is 7.91. The minimum Gasteiger partial charge on any atom is -0.381 e. The second-order valence-electron chi connectivity index (χ2n) is 9.52. The van der Waals surface area contributed by atoms with E-state index in [1.807, 2.05) is 102 Å². The topological polar surface area (TPSA) is 84.4 Å². The number of carbonyl (C=O) groups is 2. The first-order valence-corrected chi connectivity index (χ1v) is 13.0. The Kier molecular flexibility index (Phi) is 8.16. The van der Waals surface area contributed by atoms with Gasteiger partial charge in [-0.05, 0) is 71.7 Å². The smallest absolute Gasteiger partial charge is 0.319 e. The lowest BCUT2D eigenvalue weighted by Crippen LogP contribution is -2.35. The number of ether oxygens (including phenoxy) is 1.